The highest BCUT2D eigenvalue weighted by atomic mass is 32.1. The fourth-order valence-corrected chi connectivity index (χ4v) is 3.86. The van der Waals surface area contributed by atoms with Crippen LogP contribution in [0.25, 0.3) is 0 Å². The number of anilines is 1. The molecule has 31 heavy (non-hydrogen) atoms. The van der Waals surface area contributed by atoms with Crippen molar-refractivity contribution in [2.45, 2.75) is 45.8 Å². The minimum absolute atomic E-state index is 0.161. The molecule has 1 aromatic carbocycles. The lowest BCUT2D eigenvalue weighted by Gasteiger charge is -2.36. The number of rotatable bonds is 7. The van der Waals surface area contributed by atoms with Crippen LogP contribution in [0.2, 0.25) is 0 Å². The number of aliphatic imine (C=N–C) groups is 1. The van der Waals surface area contributed by atoms with Crippen molar-refractivity contribution >= 4 is 28.6 Å². The highest BCUT2D eigenvalue weighted by Gasteiger charge is 2.35. The van der Waals surface area contributed by atoms with Gasteiger partial charge in [0, 0.05) is 31.5 Å². The summed E-state index contributed by atoms with van der Waals surface area (Å²) in [7, 11) is 1.54. The van der Waals surface area contributed by atoms with Gasteiger partial charge in [0.2, 0.25) is 0 Å². The average Bonchev–Trinajstić information content (AvgIpc) is 3.21. The van der Waals surface area contributed by atoms with Crippen molar-refractivity contribution in [2.75, 3.05) is 32.6 Å². The smallest absolute Gasteiger partial charge is 0.270 e. The van der Waals surface area contributed by atoms with Crippen molar-refractivity contribution in [1.29, 1.82) is 0 Å². The SMILES string of the molecule is CC.CN=C(C(=O)NC1(CO)CCOCC1)c1cc(OCc2scnc2C)ccc1N. The topological polar surface area (TPSA) is 119 Å². The third-order valence-corrected chi connectivity index (χ3v) is 5.97. The van der Waals surface area contributed by atoms with Gasteiger partial charge in [0.25, 0.3) is 5.91 Å². The van der Waals surface area contributed by atoms with Crippen LogP contribution in [0.5, 0.6) is 5.75 Å². The van der Waals surface area contributed by atoms with Crippen LogP contribution in [0.1, 0.15) is 42.8 Å². The van der Waals surface area contributed by atoms with Crippen molar-refractivity contribution in [1.82, 2.24) is 10.3 Å². The van der Waals surface area contributed by atoms with E-state index in [1.807, 2.05) is 20.8 Å². The molecule has 0 spiro atoms. The molecule has 2 aromatic rings. The second-order valence-corrected chi connectivity index (χ2v) is 7.92. The van der Waals surface area contributed by atoms with E-state index in [0.29, 0.717) is 49.7 Å². The Balaban J connectivity index is 0.00000166. The van der Waals surface area contributed by atoms with E-state index in [-0.39, 0.29) is 18.2 Å². The molecule has 1 aromatic heterocycles. The fraction of sp³-hybridized carbons (Fsp3) is 0.500. The van der Waals surface area contributed by atoms with Gasteiger partial charge in [-0.2, -0.15) is 0 Å². The van der Waals surface area contributed by atoms with Gasteiger partial charge in [0.1, 0.15) is 18.1 Å². The van der Waals surface area contributed by atoms with E-state index < -0.39 is 5.54 Å². The molecule has 0 unspecified atom stereocenters. The summed E-state index contributed by atoms with van der Waals surface area (Å²) in [5, 5.41) is 12.8. The second-order valence-electron chi connectivity index (χ2n) is 6.98. The van der Waals surface area contributed by atoms with Gasteiger partial charge < -0.3 is 25.6 Å². The zero-order chi connectivity index (χ0) is 22.9. The molecule has 170 valence electrons. The molecule has 0 aliphatic carbocycles. The number of aliphatic hydroxyl groups excluding tert-OH is 1. The third kappa shape index (κ3) is 6.25. The second kappa shape index (κ2) is 11.8. The predicted octanol–water partition coefficient (Wildman–Crippen LogP) is 2.72. The Kier molecular flexibility index (Phi) is 9.42. The van der Waals surface area contributed by atoms with Crippen molar-refractivity contribution in [3.63, 3.8) is 0 Å². The van der Waals surface area contributed by atoms with Crippen molar-refractivity contribution < 1.29 is 19.4 Å². The summed E-state index contributed by atoms with van der Waals surface area (Å²) in [6.07, 6.45) is 1.08. The molecule has 0 radical (unpaired) electrons. The molecule has 0 saturated carbocycles. The monoisotopic (exact) mass is 448 g/mol. The number of aliphatic hydroxyl groups is 1. The first-order chi connectivity index (χ1) is 15.0. The molecule has 8 nitrogen and oxygen atoms in total. The number of hydrogen-bond donors (Lipinski definition) is 3. The Hall–Kier alpha value is -2.49. The quantitative estimate of drug-likeness (QED) is 0.443. The lowest BCUT2D eigenvalue weighted by atomic mass is 9.90. The average molecular weight is 449 g/mol. The van der Waals surface area contributed by atoms with Crippen molar-refractivity contribution in [3.8, 4) is 5.75 Å². The number of nitrogens with two attached hydrogens (primary N) is 1. The van der Waals surface area contributed by atoms with Crippen LogP contribution in [-0.2, 0) is 16.1 Å². The number of nitrogens with one attached hydrogen (secondary N) is 1. The van der Waals surface area contributed by atoms with Crippen molar-refractivity contribution in [2.24, 2.45) is 4.99 Å². The molecule has 9 heteroatoms. The van der Waals surface area contributed by atoms with Gasteiger partial charge >= 0.3 is 0 Å². The van der Waals surface area contributed by atoms with Crippen LogP contribution < -0.4 is 15.8 Å². The summed E-state index contributed by atoms with van der Waals surface area (Å²) in [4.78, 5) is 22.4. The predicted molar refractivity (Wildman–Crippen MR) is 124 cm³/mol. The van der Waals surface area contributed by atoms with Gasteiger partial charge in [-0.15, -0.1) is 11.3 Å². The number of amides is 1. The Bertz CT molecular complexity index is 891. The molecular weight excluding hydrogens is 416 g/mol. The van der Waals surface area contributed by atoms with Crippen LogP contribution in [-0.4, -0.2) is 54.1 Å². The number of thiazole rings is 1. The van der Waals surface area contributed by atoms with Gasteiger partial charge in [-0.05, 0) is 38.0 Å². The Labute approximate surface area is 187 Å². The zero-order valence-corrected chi connectivity index (χ0v) is 19.4. The number of nitrogens with zero attached hydrogens (tertiary/aromatic N) is 2. The number of aromatic nitrogens is 1. The molecule has 1 amide bonds. The van der Waals surface area contributed by atoms with Crippen LogP contribution in [0.3, 0.4) is 0 Å². The molecule has 1 aliphatic rings. The molecular formula is C22H32N4O4S. The number of aryl methyl sites for hydroxylation is 1. The Morgan fingerprint density at radius 2 is 2.10 bits per heavy atom. The van der Waals surface area contributed by atoms with Gasteiger partial charge in [-0.25, -0.2) is 4.98 Å². The van der Waals surface area contributed by atoms with Crippen LogP contribution >= 0.6 is 11.3 Å². The standard InChI is InChI=1S/C20H26N4O4S.C2H6/c1-13-17(29-12-23-13)10-28-14-3-4-16(21)15(9-14)18(22-2)19(26)24-20(11-25)5-7-27-8-6-20;1-2/h3-4,9,12,25H,5-8,10-11,21H2,1-2H3,(H,24,26);1-2H3. The van der Waals surface area contributed by atoms with Gasteiger partial charge in [0.15, 0.2) is 0 Å². The van der Waals surface area contributed by atoms with E-state index in [1.54, 1.807) is 23.7 Å². The molecule has 4 N–H and O–H groups in total. The maximum Gasteiger partial charge on any atom is 0.270 e. The highest BCUT2D eigenvalue weighted by molar-refractivity contribution is 7.09. The van der Waals surface area contributed by atoms with E-state index >= 15 is 0 Å². The van der Waals surface area contributed by atoms with E-state index in [4.69, 9.17) is 15.2 Å². The maximum absolute atomic E-state index is 13.0. The highest BCUT2D eigenvalue weighted by Crippen LogP contribution is 2.25. The largest absolute Gasteiger partial charge is 0.488 e. The normalized spacial score (nSPS) is 15.6. The summed E-state index contributed by atoms with van der Waals surface area (Å²) in [6, 6.07) is 5.16. The van der Waals surface area contributed by atoms with Crippen LogP contribution in [0.4, 0.5) is 5.69 Å². The van der Waals surface area contributed by atoms with E-state index in [9.17, 15) is 9.90 Å². The third-order valence-electron chi connectivity index (χ3n) is 5.06. The minimum Gasteiger partial charge on any atom is -0.488 e. The molecule has 3 rings (SSSR count). The number of hydrogen-bond acceptors (Lipinski definition) is 8. The maximum atomic E-state index is 13.0. The number of carbonyl (C=O) groups is 1. The summed E-state index contributed by atoms with van der Waals surface area (Å²) < 4.78 is 11.2. The summed E-state index contributed by atoms with van der Waals surface area (Å²) in [5.41, 5.74) is 9.24. The number of ether oxygens (including phenoxy) is 2. The lowest BCUT2D eigenvalue weighted by molar-refractivity contribution is -0.118. The van der Waals surface area contributed by atoms with E-state index in [1.165, 1.54) is 18.4 Å². The van der Waals surface area contributed by atoms with Gasteiger partial charge in [0.05, 0.1) is 28.2 Å². The van der Waals surface area contributed by atoms with Crippen molar-refractivity contribution in [3.05, 3.63) is 39.8 Å². The Morgan fingerprint density at radius 3 is 2.68 bits per heavy atom. The first kappa shape index (κ1) is 24.8. The number of nitrogen functional groups attached to an aromatic ring is 1. The number of carbonyl (C=O) groups excluding carboxylic acids is 1. The lowest BCUT2D eigenvalue weighted by Crippen LogP contribution is -2.56. The molecule has 1 saturated heterocycles. The summed E-state index contributed by atoms with van der Waals surface area (Å²) >= 11 is 1.53. The van der Waals surface area contributed by atoms with Crippen LogP contribution in [0, 0.1) is 6.92 Å². The van der Waals surface area contributed by atoms with Gasteiger partial charge in [-0.3, -0.25) is 9.79 Å². The number of benzene rings is 1. The molecule has 2 heterocycles. The Morgan fingerprint density at radius 1 is 1.39 bits per heavy atom. The summed E-state index contributed by atoms with van der Waals surface area (Å²) in [6.45, 7) is 7.14. The first-order valence-corrected chi connectivity index (χ1v) is 11.3. The molecule has 0 atom stereocenters. The summed E-state index contributed by atoms with van der Waals surface area (Å²) in [5.74, 6) is 0.199. The first-order valence-electron chi connectivity index (χ1n) is 10.4. The zero-order valence-electron chi connectivity index (χ0n) is 18.6. The molecule has 0 bridgehead atoms. The van der Waals surface area contributed by atoms with Crippen LogP contribution in [0.15, 0.2) is 28.7 Å². The van der Waals surface area contributed by atoms with E-state index in [0.717, 1.165) is 10.6 Å². The van der Waals surface area contributed by atoms with E-state index in [2.05, 4.69) is 15.3 Å². The molecule has 1 fully saturated rings. The minimum atomic E-state index is -0.710. The van der Waals surface area contributed by atoms with Gasteiger partial charge in [-0.1, -0.05) is 13.8 Å². The fourth-order valence-electron chi connectivity index (χ4n) is 3.17. The molecule has 1 aliphatic heterocycles.